The predicted molar refractivity (Wildman–Crippen MR) is 90.4 cm³/mol. The minimum absolute atomic E-state index is 0.0259. The van der Waals surface area contributed by atoms with Gasteiger partial charge in [-0.3, -0.25) is 4.79 Å². The van der Waals surface area contributed by atoms with E-state index in [0.717, 1.165) is 6.42 Å². The van der Waals surface area contributed by atoms with Crippen LogP contribution in [0.5, 0.6) is 0 Å². The molecule has 1 N–H and O–H groups in total. The third-order valence-electron chi connectivity index (χ3n) is 4.62. The Bertz CT molecular complexity index is 736. The Morgan fingerprint density at radius 3 is 2.83 bits per heavy atom. The zero-order valence-electron chi connectivity index (χ0n) is 14.4. The lowest BCUT2D eigenvalue weighted by atomic mass is 9.82. The molecule has 6 nitrogen and oxygen atoms in total. The van der Waals surface area contributed by atoms with E-state index in [4.69, 9.17) is 0 Å². The Balaban J connectivity index is 1.74. The van der Waals surface area contributed by atoms with Crippen molar-refractivity contribution < 1.29 is 9.90 Å². The fraction of sp³-hybridized carbons (Fsp3) is 0.500. The molecular weight excluding hydrogens is 304 g/mol. The molecule has 1 atom stereocenters. The van der Waals surface area contributed by atoms with Gasteiger partial charge in [0.25, 0.3) is 0 Å². The average Bonchev–Trinajstić information content (AvgIpc) is 2.95. The molecule has 1 unspecified atom stereocenters. The summed E-state index contributed by atoms with van der Waals surface area (Å²) in [5.74, 6) is 0.0259. The van der Waals surface area contributed by atoms with Gasteiger partial charge in [0.15, 0.2) is 0 Å². The average molecular weight is 328 g/mol. The van der Waals surface area contributed by atoms with E-state index in [0.29, 0.717) is 18.8 Å². The minimum Gasteiger partial charge on any atom is -0.387 e. The first-order chi connectivity index (χ1) is 11.4. The van der Waals surface area contributed by atoms with Crippen molar-refractivity contribution >= 4 is 5.91 Å². The number of aliphatic hydroxyl groups is 1. The number of rotatable bonds is 3. The molecule has 24 heavy (non-hydrogen) atoms. The highest BCUT2D eigenvalue weighted by Gasteiger charge is 2.31. The topological polar surface area (TPSA) is 71.2 Å². The van der Waals surface area contributed by atoms with Crippen LogP contribution in [-0.4, -0.2) is 44.0 Å². The third kappa shape index (κ3) is 3.33. The highest BCUT2D eigenvalue weighted by molar-refractivity contribution is 5.76. The van der Waals surface area contributed by atoms with Crippen LogP contribution < -0.4 is 0 Å². The van der Waals surface area contributed by atoms with Crippen LogP contribution in [0.15, 0.2) is 30.5 Å². The number of fused-ring (bicyclic) bond motifs is 1. The quantitative estimate of drug-likeness (QED) is 0.931. The van der Waals surface area contributed by atoms with Crippen LogP contribution >= 0.6 is 0 Å². The second-order valence-corrected chi connectivity index (χ2v) is 7.12. The summed E-state index contributed by atoms with van der Waals surface area (Å²) in [5, 5.41) is 17.3. The Morgan fingerprint density at radius 2 is 2.12 bits per heavy atom. The van der Waals surface area contributed by atoms with Crippen LogP contribution in [0.3, 0.4) is 0 Å². The zero-order chi connectivity index (χ0) is 17.3. The van der Waals surface area contributed by atoms with Gasteiger partial charge in [-0.1, -0.05) is 43.3 Å². The standard InChI is InChI=1S/C18H24N4O2/c1-13(23)16-10-22(20-19-16)11-17(24)21-9-8-14-6-4-5-7-15(14)18(2,3)12-21/h4-7,10,13,23H,8-9,11-12H2,1-3H3. The molecule has 128 valence electrons. The first kappa shape index (κ1) is 16.6. The Kier molecular flexibility index (Phi) is 4.41. The highest BCUT2D eigenvalue weighted by Crippen LogP contribution is 2.30. The molecule has 0 aliphatic carbocycles. The van der Waals surface area contributed by atoms with Crippen LogP contribution in [0.2, 0.25) is 0 Å². The molecule has 0 bridgehead atoms. The molecule has 2 aromatic rings. The van der Waals surface area contributed by atoms with Crippen LogP contribution in [-0.2, 0) is 23.2 Å². The van der Waals surface area contributed by atoms with Crippen LogP contribution in [0.4, 0.5) is 0 Å². The van der Waals surface area contributed by atoms with Gasteiger partial charge in [0, 0.05) is 18.5 Å². The van der Waals surface area contributed by atoms with Crippen molar-refractivity contribution in [1.29, 1.82) is 0 Å². The number of hydrogen-bond donors (Lipinski definition) is 1. The maximum absolute atomic E-state index is 12.7. The molecule has 3 rings (SSSR count). The zero-order valence-corrected chi connectivity index (χ0v) is 14.4. The van der Waals surface area contributed by atoms with Gasteiger partial charge in [-0.2, -0.15) is 0 Å². The van der Waals surface area contributed by atoms with E-state index in [9.17, 15) is 9.90 Å². The van der Waals surface area contributed by atoms with Crippen molar-refractivity contribution in [2.24, 2.45) is 0 Å². The lowest BCUT2D eigenvalue weighted by molar-refractivity contribution is -0.132. The number of amides is 1. The largest absolute Gasteiger partial charge is 0.387 e. The summed E-state index contributed by atoms with van der Waals surface area (Å²) in [6, 6.07) is 8.43. The molecule has 2 heterocycles. The second kappa shape index (κ2) is 6.36. The fourth-order valence-electron chi connectivity index (χ4n) is 3.33. The lowest BCUT2D eigenvalue weighted by Gasteiger charge is -2.30. The minimum atomic E-state index is -0.680. The maximum atomic E-state index is 12.7. The summed E-state index contributed by atoms with van der Waals surface area (Å²) in [6.07, 6.45) is 1.81. The van der Waals surface area contributed by atoms with Crippen molar-refractivity contribution in [3.8, 4) is 0 Å². The molecule has 1 aromatic carbocycles. The van der Waals surface area contributed by atoms with Gasteiger partial charge in [-0.25, -0.2) is 4.68 Å². The molecule has 0 saturated carbocycles. The fourth-order valence-corrected chi connectivity index (χ4v) is 3.33. The summed E-state index contributed by atoms with van der Waals surface area (Å²) >= 11 is 0. The first-order valence-electron chi connectivity index (χ1n) is 8.31. The van der Waals surface area contributed by atoms with Crippen molar-refractivity contribution in [1.82, 2.24) is 19.9 Å². The molecule has 6 heteroatoms. The molecule has 1 amide bonds. The van der Waals surface area contributed by atoms with Crippen molar-refractivity contribution in [3.05, 3.63) is 47.3 Å². The van der Waals surface area contributed by atoms with Gasteiger partial charge in [-0.15, -0.1) is 5.10 Å². The second-order valence-electron chi connectivity index (χ2n) is 7.12. The van der Waals surface area contributed by atoms with Gasteiger partial charge < -0.3 is 10.0 Å². The van der Waals surface area contributed by atoms with Crippen LogP contribution in [0.1, 0.15) is 43.7 Å². The normalized spacial score (nSPS) is 17.9. The first-order valence-corrected chi connectivity index (χ1v) is 8.31. The Labute approximate surface area is 142 Å². The predicted octanol–water partition coefficient (Wildman–Crippen LogP) is 1.69. The molecule has 1 aliphatic heterocycles. The van der Waals surface area contributed by atoms with Gasteiger partial charge >= 0.3 is 0 Å². The van der Waals surface area contributed by atoms with Crippen molar-refractivity contribution in [2.45, 2.75) is 45.3 Å². The molecular formula is C18H24N4O2. The molecule has 1 aliphatic rings. The summed E-state index contributed by atoms with van der Waals surface area (Å²) < 4.78 is 1.50. The molecule has 0 fully saturated rings. The number of nitrogens with zero attached hydrogens (tertiary/aromatic N) is 4. The third-order valence-corrected chi connectivity index (χ3v) is 4.62. The monoisotopic (exact) mass is 328 g/mol. The van der Waals surface area contributed by atoms with Gasteiger partial charge in [0.2, 0.25) is 5.91 Å². The van der Waals surface area contributed by atoms with E-state index in [1.807, 2.05) is 4.90 Å². The molecule has 0 radical (unpaired) electrons. The number of carbonyl (C=O) groups is 1. The van der Waals surface area contributed by atoms with E-state index in [1.54, 1.807) is 13.1 Å². The van der Waals surface area contributed by atoms with E-state index in [2.05, 4.69) is 48.4 Å². The molecule has 1 aromatic heterocycles. The Morgan fingerprint density at radius 1 is 1.38 bits per heavy atom. The van der Waals surface area contributed by atoms with E-state index >= 15 is 0 Å². The summed E-state index contributed by atoms with van der Waals surface area (Å²) in [7, 11) is 0. The Hall–Kier alpha value is -2.21. The van der Waals surface area contributed by atoms with Gasteiger partial charge in [-0.05, 0) is 24.5 Å². The van der Waals surface area contributed by atoms with Crippen LogP contribution in [0.25, 0.3) is 0 Å². The number of aromatic nitrogens is 3. The number of aliphatic hydroxyl groups excluding tert-OH is 1. The molecule has 0 spiro atoms. The smallest absolute Gasteiger partial charge is 0.244 e. The maximum Gasteiger partial charge on any atom is 0.244 e. The van der Waals surface area contributed by atoms with E-state index in [-0.39, 0.29) is 17.9 Å². The van der Waals surface area contributed by atoms with E-state index in [1.165, 1.54) is 15.8 Å². The van der Waals surface area contributed by atoms with Gasteiger partial charge in [0.05, 0.1) is 12.3 Å². The number of benzene rings is 1. The summed E-state index contributed by atoms with van der Waals surface area (Å²) in [5.41, 5.74) is 3.02. The summed E-state index contributed by atoms with van der Waals surface area (Å²) in [6.45, 7) is 7.52. The van der Waals surface area contributed by atoms with E-state index < -0.39 is 6.10 Å². The number of carbonyl (C=O) groups excluding carboxylic acids is 1. The summed E-state index contributed by atoms with van der Waals surface area (Å²) in [4.78, 5) is 14.6. The lowest BCUT2D eigenvalue weighted by Crippen LogP contribution is -2.41. The molecule has 0 saturated heterocycles. The van der Waals surface area contributed by atoms with Gasteiger partial charge in [0.1, 0.15) is 12.2 Å². The highest BCUT2D eigenvalue weighted by atomic mass is 16.3. The SMILES string of the molecule is CC(O)c1cn(CC(=O)N2CCc3ccccc3C(C)(C)C2)nn1. The van der Waals surface area contributed by atoms with Crippen molar-refractivity contribution in [3.63, 3.8) is 0 Å². The van der Waals surface area contributed by atoms with Crippen molar-refractivity contribution in [2.75, 3.05) is 13.1 Å². The van der Waals surface area contributed by atoms with Crippen LogP contribution in [0, 0.1) is 0 Å². The number of hydrogen-bond acceptors (Lipinski definition) is 4.